The van der Waals surface area contributed by atoms with Crippen LogP contribution in [0.3, 0.4) is 0 Å². The van der Waals surface area contributed by atoms with Gasteiger partial charge in [0, 0.05) is 11.7 Å². The van der Waals surface area contributed by atoms with Crippen LogP contribution in [-0.4, -0.2) is 21.5 Å². The van der Waals surface area contributed by atoms with Crippen LogP contribution in [-0.2, 0) is 17.8 Å². The Morgan fingerprint density at radius 2 is 2.17 bits per heavy atom. The smallest absolute Gasteiger partial charge is 0.262 e. The third-order valence-corrected chi connectivity index (χ3v) is 5.37. The predicted molar refractivity (Wildman–Crippen MR) is 95.6 cm³/mol. The third-order valence-electron chi connectivity index (χ3n) is 4.55. The Labute approximate surface area is 143 Å². The van der Waals surface area contributed by atoms with Crippen molar-refractivity contribution in [3.05, 3.63) is 58.0 Å². The van der Waals surface area contributed by atoms with E-state index in [0.717, 1.165) is 18.5 Å². The van der Waals surface area contributed by atoms with E-state index in [1.807, 2.05) is 28.5 Å². The lowest BCUT2D eigenvalue weighted by atomic mass is 9.96. The molecule has 0 saturated heterocycles. The molecule has 0 unspecified atom stereocenters. The Hall–Kier alpha value is -2.47. The molecule has 1 aliphatic heterocycles. The molecule has 4 rings (SSSR count). The summed E-state index contributed by atoms with van der Waals surface area (Å²) >= 11 is 1.43. The quantitative estimate of drug-likeness (QED) is 0.721. The van der Waals surface area contributed by atoms with Crippen molar-refractivity contribution in [1.29, 1.82) is 0 Å². The van der Waals surface area contributed by atoms with E-state index in [1.54, 1.807) is 6.07 Å². The van der Waals surface area contributed by atoms with Crippen LogP contribution in [0.15, 0.2) is 46.8 Å². The van der Waals surface area contributed by atoms with Crippen molar-refractivity contribution in [2.24, 2.45) is 0 Å². The number of rotatable bonds is 2. The fourth-order valence-electron chi connectivity index (χ4n) is 3.30. The highest BCUT2D eigenvalue weighted by Crippen LogP contribution is 2.30. The van der Waals surface area contributed by atoms with Gasteiger partial charge in [0.05, 0.1) is 11.7 Å². The molecule has 1 aliphatic rings. The Bertz CT molecular complexity index is 976. The molecule has 1 aromatic carbocycles. The summed E-state index contributed by atoms with van der Waals surface area (Å²) in [7, 11) is 0. The van der Waals surface area contributed by atoms with Gasteiger partial charge in [-0.25, -0.2) is 4.98 Å². The second-order valence-electron chi connectivity index (χ2n) is 6.10. The summed E-state index contributed by atoms with van der Waals surface area (Å²) in [5.74, 6) is -0.0758. The minimum atomic E-state index is -0.160. The second kappa shape index (κ2) is 5.87. The van der Waals surface area contributed by atoms with Gasteiger partial charge < -0.3 is 4.90 Å². The van der Waals surface area contributed by atoms with E-state index >= 15 is 0 Å². The Morgan fingerprint density at radius 1 is 1.33 bits per heavy atom. The molecule has 3 heterocycles. The lowest BCUT2D eigenvalue weighted by Crippen LogP contribution is -2.44. The molecule has 0 radical (unpaired) electrons. The van der Waals surface area contributed by atoms with Crippen molar-refractivity contribution in [2.45, 2.75) is 32.4 Å². The molecule has 0 fully saturated rings. The Morgan fingerprint density at radius 3 is 3.04 bits per heavy atom. The highest BCUT2D eigenvalue weighted by atomic mass is 32.1. The third kappa shape index (κ3) is 2.43. The molecule has 3 aromatic rings. The van der Waals surface area contributed by atoms with Crippen LogP contribution < -0.4 is 10.5 Å². The number of hydrogen-bond acceptors (Lipinski definition) is 4. The van der Waals surface area contributed by atoms with Gasteiger partial charge in [-0.3, -0.25) is 14.2 Å². The number of aromatic nitrogens is 2. The van der Waals surface area contributed by atoms with Gasteiger partial charge in [-0.1, -0.05) is 18.2 Å². The number of para-hydroxylation sites is 1. The average molecular weight is 339 g/mol. The second-order valence-corrected chi connectivity index (χ2v) is 6.99. The van der Waals surface area contributed by atoms with Crippen LogP contribution in [0.2, 0.25) is 0 Å². The predicted octanol–water partition coefficient (Wildman–Crippen LogP) is 2.83. The van der Waals surface area contributed by atoms with Gasteiger partial charge in [0.1, 0.15) is 11.4 Å². The minimum Gasteiger partial charge on any atom is -0.308 e. The number of anilines is 1. The number of thiophene rings is 1. The summed E-state index contributed by atoms with van der Waals surface area (Å²) in [6, 6.07) is 9.87. The first kappa shape index (κ1) is 15.1. The number of benzene rings is 1. The van der Waals surface area contributed by atoms with Crippen LogP contribution in [0, 0.1) is 0 Å². The Balaban J connectivity index is 1.68. The first-order valence-electron chi connectivity index (χ1n) is 7.98. The standard InChI is InChI=1S/C18H17N3O2S/c1-12-6-7-13-4-2-3-5-15(13)21(12)16(22)10-20-11-19-17-14(18(20)23)8-9-24-17/h2-5,8-9,11-12H,6-7,10H2,1H3/t12-/m1/s1. The maximum Gasteiger partial charge on any atom is 0.262 e. The highest BCUT2D eigenvalue weighted by Gasteiger charge is 2.28. The van der Waals surface area contributed by atoms with Gasteiger partial charge >= 0.3 is 0 Å². The molecule has 6 heteroatoms. The van der Waals surface area contributed by atoms with E-state index in [9.17, 15) is 9.59 Å². The molecule has 1 amide bonds. The molecule has 2 aromatic heterocycles. The molecule has 1 atom stereocenters. The molecule has 5 nitrogen and oxygen atoms in total. The summed E-state index contributed by atoms with van der Waals surface area (Å²) in [6.45, 7) is 2.06. The maximum atomic E-state index is 12.9. The highest BCUT2D eigenvalue weighted by molar-refractivity contribution is 7.16. The molecule has 0 aliphatic carbocycles. The maximum absolute atomic E-state index is 12.9. The van der Waals surface area contributed by atoms with E-state index in [-0.39, 0.29) is 24.1 Å². The van der Waals surface area contributed by atoms with Gasteiger partial charge in [-0.2, -0.15) is 0 Å². The van der Waals surface area contributed by atoms with Gasteiger partial charge in [0.25, 0.3) is 5.56 Å². The van der Waals surface area contributed by atoms with Crippen molar-refractivity contribution in [3.63, 3.8) is 0 Å². The van der Waals surface area contributed by atoms with Crippen LogP contribution in [0.4, 0.5) is 5.69 Å². The van der Waals surface area contributed by atoms with Crippen molar-refractivity contribution < 1.29 is 4.79 Å². The van der Waals surface area contributed by atoms with Crippen molar-refractivity contribution in [3.8, 4) is 0 Å². The summed E-state index contributed by atoms with van der Waals surface area (Å²) < 4.78 is 1.40. The van der Waals surface area contributed by atoms with Gasteiger partial charge in [-0.15, -0.1) is 11.3 Å². The van der Waals surface area contributed by atoms with E-state index in [1.165, 1.54) is 27.8 Å². The van der Waals surface area contributed by atoms with Crippen molar-refractivity contribution in [2.75, 3.05) is 4.90 Å². The monoisotopic (exact) mass is 339 g/mol. The zero-order valence-corrected chi connectivity index (χ0v) is 14.1. The molecule has 0 N–H and O–H groups in total. The van der Waals surface area contributed by atoms with E-state index in [0.29, 0.717) is 10.2 Å². The van der Waals surface area contributed by atoms with E-state index in [4.69, 9.17) is 0 Å². The topological polar surface area (TPSA) is 55.2 Å². The van der Waals surface area contributed by atoms with Crippen LogP contribution in [0.5, 0.6) is 0 Å². The van der Waals surface area contributed by atoms with E-state index < -0.39 is 0 Å². The summed E-state index contributed by atoms with van der Waals surface area (Å²) in [6.07, 6.45) is 3.38. The molecule has 0 spiro atoms. The number of nitrogens with zero attached hydrogens (tertiary/aromatic N) is 3. The molecule has 24 heavy (non-hydrogen) atoms. The molecule has 122 valence electrons. The summed E-state index contributed by atoms with van der Waals surface area (Å²) in [5.41, 5.74) is 1.98. The Kier molecular flexibility index (Phi) is 3.69. The minimum absolute atomic E-state index is 0.0102. The van der Waals surface area contributed by atoms with Crippen LogP contribution in [0.25, 0.3) is 10.2 Å². The number of amides is 1. The van der Waals surface area contributed by atoms with Crippen LogP contribution in [0.1, 0.15) is 18.9 Å². The van der Waals surface area contributed by atoms with Gasteiger partial charge in [0.15, 0.2) is 0 Å². The SMILES string of the molecule is C[C@@H]1CCc2ccccc2N1C(=O)Cn1cnc2sccc2c1=O. The van der Waals surface area contributed by atoms with Gasteiger partial charge in [0.2, 0.25) is 5.91 Å². The van der Waals surface area contributed by atoms with E-state index in [2.05, 4.69) is 18.0 Å². The number of carbonyl (C=O) groups is 1. The molecule has 0 saturated carbocycles. The van der Waals surface area contributed by atoms with Crippen LogP contribution >= 0.6 is 11.3 Å². The summed E-state index contributed by atoms with van der Waals surface area (Å²) in [4.78, 5) is 32.2. The number of hydrogen-bond donors (Lipinski definition) is 0. The van der Waals surface area contributed by atoms with Crippen molar-refractivity contribution >= 4 is 33.1 Å². The first-order chi connectivity index (χ1) is 11.6. The molecule has 0 bridgehead atoms. The first-order valence-corrected chi connectivity index (χ1v) is 8.86. The molecular formula is C18H17N3O2S. The van der Waals surface area contributed by atoms with Gasteiger partial charge in [-0.05, 0) is 42.8 Å². The lowest BCUT2D eigenvalue weighted by Gasteiger charge is -2.35. The number of aryl methyl sites for hydroxylation is 1. The number of fused-ring (bicyclic) bond motifs is 2. The zero-order valence-electron chi connectivity index (χ0n) is 13.3. The number of carbonyl (C=O) groups excluding carboxylic acids is 1. The fraction of sp³-hybridized carbons (Fsp3) is 0.278. The fourth-order valence-corrected chi connectivity index (χ4v) is 4.02. The van der Waals surface area contributed by atoms with Crippen molar-refractivity contribution in [1.82, 2.24) is 9.55 Å². The normalized spacial score (nSPS) is 17.0. The largest absolute Gasteiger partial charge is 0.308 e. The lowest BCUT2D eigenvalue weighted by molar-refractivity contribution is -0.119. The zero-order chi connectivity index (χ0) is 16.7. The molecular weight excluding hydrogens is 322 g/mol. The summed E-state index contributed by atoms with van der Waals surface area (Å²) in [5, 5.41) is 2.41. The average Bonchev–Trinajstić information content (AvgIpc) is 3.06.